The van der Waals surface area contributed by atoms with Crippen molar-refractivity contribution in [2.75, 3.05) is 6.61 Å². The molecule has 12 heavy (non-hydrogen) atoms. The predicted molar refractivity (Wildman–Crippen MR) is 32.5 cm³/mol. The third kappa shape index (κ3) is 3.12. The maximum absolute atomic E-state index is 12.3. The van der Waals surface area contributed by atoms with E-state index in [4.69, 9.17) is 15.1 Å². The Morgan fingerprint density at radius 3 is 2.25 bits per heavy atom. The van der Waals surface area contributed by atoms with Crippen molar-refractivity contribution >= 4 is 7.60 Å². The van der Waals surface area contributed by atoms with Gasteiger partial charge in [0.05, 0.1) is 12.7 Å². The van der Waals surface area contributed by atoms with Gasteiger partial charge in [-0.25, -0.2) is 0 Å². The van der Waals surface area contributed by atoms with Gasteiger partial charge >= 0.3 is 5.66 Å². The van der Waals surface area contributed by atoms with Gasteiger partial charge in [0.25, 0.3) is 0 Å². The Balaban J connectivity index is 4.33. The molecule has 0 amide bonds. The third-order valence-electron chi connectivity index (χ3n) is 1.11. The van der Waals surface area contributed by atoms with Crippen molar-refractivity contribution in [3.63, 3.8) is 0 Å². The van der Waals surface area contributed by atoms with Gasteiger partial charge in [0, 0.05) is 6.42 Å². The van der Waals surface area contributed by atoms with Crippen LogP contribution in [0.3, 0.4) is 0 Å². The summed E-state index contributed by atoms with van der Waals surface area (Å²) in [7, 11) is -5.79. The molecule has 0 aliphatic rings. The van der Waals surface area contributed by atoms with E-state index in [9.17, 15) is 18.2 Å². The summed E-state index contributed by atoms with van der Waals surface area (Å²) in [5.74, 6) is 0. The number of alkyl halides is 2. The van der Waals surface area contributed by atoms with Crippen LogP contribution in [-0.2, 0) is 4.57 Å². The lowest BCUT2D eigenvalue weighted by molar-refractivity contribution is -0.218. The summed E-state index contributed by atoms with van der Waals surface area (Å²) in [5, 5.41) is 16.6. The minimum Gasteiger partial charge on any atom is -0.774 e. The number of hydrogen-bond acceptors (Lipinski definition) is 4. The summed E-state index contributed by atoms with van der Waals surface area (Å²) in [6.07, 6.45) is -3.38. The van der Waals surface area contributed by atoms with Gasteiger partial charge in [-0.05, 0) is 0 Å². The molecule has 0 radical (unpaired) electrons. The molecule has 0 aromatic rings. The molecule has 2 unspecified atom stereocenters. The molecule has 0 spiro atoms. The third-order valence-corrected chi connectivity index (χ3v) is 2.11. The molecule has 8 heteroatoms. The van der Waals surface area contributed by atoms with Gasteiger partial charge in [-0.2, -0.15) is 8.78 Å². The maximum Gasteiger partial charge on any atom is 0.311 e. The monoisotopic (exact) mass is 205 g/mol. The quantitative estimate of drug-likeness (QED) is 0.504. The summed E-state index contributed by atoms with van der Waals surface area (Å²) >= 11 is 0. The molecule has 0 aliphatic carbocycles. The molecule has 0 aliphatic heterocycles. The van der Waals surface area contributed by atoms with Gasteiger partial charge in [-0.1, -0.05) is 0 Å². The second-order valence-electron chi connectivity index (χ2n) is 2.23. The normalized spacial score (nSPS) is 20.2. The fourth-order valence-electron chi connectivity index (χ4n) is 0.463. The Bertz CT molecular complexity index is 190. The molecule has 74 valence electrons. The minimum absolute atomic E-state index is 0.990. The lowest BCUT2D eigenvalue weighted by atomic mass is 10.3. The van der Waals surface area contributed by atoms with E-state index >= 15 is 0 Å². The van der Waals surface area contributed by atoms with E-state index in [0.717, 1.165) is 0 Å². The first kappa shape index (κ1) is 11.9. The minimum atomic E-state index is -5.79. The zero-order valence-corrected chi connectivity index (χ0v) is 6.75. The van der Waals surface area contributed by atoms with E-state index in [1.807, 2.05) is 0 Å². The molecule has 3 N–H and O–H groups in total. The molecule has 0 aromatic carbocycles. The van der Waals surface area contributed by atoms with Crippen LogP contribution in [0.1, 0.15) is 6.42 Å². The van der Waals surface area contributed by atoms with Crippen LogP contribution in [0.15, 0.2) is 0 Å². The Hall–Kier alpha value is -0.0700. The molecule has 0 saturated heterocycles. The molecule has 0 fully saturated rings. The second-order valence-corrected chi connectivity index (χ2v) is 3.92. The van der Waals surface area contributed by atoms with E-state index in [1.165, 1.54) is 0 Å². The number of halogens is 2. The van der Waals surface area contributed by atoms with E-state index in [-0.39, 0.29) is 0 Å². The predicted octanol–water partition coefficient (Wildman–Crippen LogP) is -1.13. The summed E-state index contributed by atoms with van der Waals surface area (Å²) < 4.78 is 34.5. The summed E-state index contributed by atoms with van der Waals surface area (Å²) in [6.45, 7) is -0.990. The molecule has 0 bridgehead atoms. The van der Waals surface area contributed by atoms with Crippen molar-refractivity contribution in [3.8, 4) is 0 Å². The fourth-order valence-corrected chi connectivity index (χ4v) is 0.905. The Kier molecular flexibility index (Phi) is 3.74. The number of hydrogen-bond donors (Lipinski definition) is 3. The van der Waals surface area contributed by atoms with Crippen LogP contribution < -0.4 is 4.89 Å². The largest absolute Gasteiger partial charge is 0.774 e. The first-order valence-corrected chi connectivity index (χ1v) is 4.49. The van der Waals surface area contributed by atoms with Gasteiger partial charge in [0.1, 0.15) is 0 Å². The maximum atomic E-state index is 12.3. The average molecular weight is 205 g/mol. The smallest absolute Gasteiger partial charge is 0.311 e. The highest BCUT2D eigenvalue weighted by atomic mass is 31.2. The topological polar surface area (TPSA) is 101 Å². The number of rotatable bonds is 4. The lowest BCUT2D eigenvalue weighted by Gasteiger charge is -2.27. The van der Waals surface area contributed by atoms with Crippen LogP contribution in [0.4, 0.5) is 8.78 Å². The van der Waals surface area contributed by atoms with Crippen LogP contribution >= 0.6 is 7.60 Å². The average Bonchev–Trinajstić information content (AvgIpc) is 1.84. The Morgan fingerprint density at radius 2 is 2.00 bits per heavy atom. The summed E-state index contributed by atoms with van der Waals surface area (Å²) in [5.41, 5.74) is -4.39. The van der Waals surface area contributed by atoms with E-state index in [1.54, 1.807) is 0 Å². The molecule has 0 aromatic heterocycles. The van der Waals surface area contributed by atoms with E-state index in [2.05, 4.69) is 0 Å². The SMILES string of the molecule is O=P([O-])(O)C(F)(F)CC(O)CO. The molecule has 0 heterocycles. The highest BCUT2D eigenvalue weighted by Crippen LogP contribution is 2.51. The Labute approximate surface area is 66.8 Å². The number of aliphatic hydroxyl groups is 2. The molecule has 2 atom stereocenters. The van der Waals surface area contributed by atoms with Crippen molar-refractivity contribution in [1.29, 1.82) is 0 Å². The molecule has 0 rings (SSSR count). The van der Waals surface area contributed by atoms with Crippen molar-refractivity contribution in [2.24, 2.45) is 0 Å². The molecular weight excluding hydrogens is 197 g/mol. The Morgan fingerprint density at radius 1 is 1.58 bits per heavy atom. The zero-order chi connectivity index (χ0) is 9.99. The number of aliphatic hydroxyl groups excluding tert-OH is 2. The van der Waals surface area contributed by atoms with Gasteiger partial charge < -0.3 is 24.6 Å². The van der Waals surface area contributed by atoms with E-state index < -0.39 is 32.4 Å². The van der Waals surface area contributed by atoms with Crippen LogP contribution in [0.5, 0.6) is 0 Å². The van der Waals surface area contributed by atoms with Gasteiger partial charge in [-0.15, -0.1) is 0 Å². The first-order valence-electron chi connectivity index (χ1n) is 2.91. The zero-order valence-electron chi connectivity index (χ0n) is 5.85. The van der Waals surface area contributed by atoms with Crippen LogP contribution in [0, 0.1) is 0 Å². The van der Waals surface area contributed by atoms with Crippen molar-refractivity contribution in [1.82, 2.24) is 0 Å². The van der Waals surface area contributed by atoms with Gasteiger partial charge in [-0.3, -0.25) is 0 Å². The molecule has 0 saturated carbocycles. The van der Waals surface area contributed by atoms with Crippen molar-refractivity contribution in [2.45, 2.75) is 18.2 Å². The highest BCUT2D eigenvalue weighted by molar-refractivity contribution is 7.51. The van der Waals surface area contributed by atoms with Gasteiger partial charge in [0.2, 0.25) is 7.60 Å². The lowest BCUT2D eigenvalue weighted by Crippen LogP contribution is -2.30. The summed E-state index contributed by atoms with van der Waals surface area (Å²) in [6, 6.07) is 0. The van der Waals surface area contributed by atoms with Crippen LogP contribution in [0.25, 0.3) is 0 Å². The van der Waals surface area contributed by atoms with Crippen LogP contribution in [0.2, 0.25) is 0 Å². The highest BCUT2D eigenvalue weighted by Gasteiger charge is 2.42. The van der Waals surface area contributed by atoms with Gasteiger partial charge in [0.15, 0.2) is 0 Å². The van der Waals surface area contributed by atoms with E-state index in [0.29, 0.717) is 0 Å². The van der Waals surface area contributed by atoms with Crippen LogP contribution in [-0.4, -0.2) is 33.5 Å². The first-order chi connectivity index (χ1) is 5.20. The molecule has 5 nitrogen and oxygen atoms in total. The molecular formula is C4H8F2O5P-. The van der Waals surface area contributed by atoms with Crippen molar-refractivity contribution < 1.29 is 33.3 Å². The fraction of sp³-hybridized carbons (Fsp3) is 1.00. The standard InChI is InChI=1S/C4H9F2O5P/c5-4(6,12(9,10)11)1-3(8)2-7/h3,7-8H,1-2H2,(H2,9,10,11)/p-1. The van der Waals surface area contributed by atoms with Crippen molar-refractivity contribution in [3.05, 3.63) is 0 Å². The second kappa shape index (κ2) is 3.76. The summed E-state index contributed by atoms with van der Waals surface area (Å²) in [4.78, 5) is 17.9.